The van der Waals surface area contributed by atoms with Crippen molar-refractivity contribution in [1.82, 2.24) is 10.2 Å². The summed E-state index contributed by atoms with van der Waals surface area (Å²) in [7, 11) is 2.07. The summed E-state index contributed by atoms with van der Waals surface area (Å²) in [6, 6.07) is 1.02. The zero-order chi connectivity index (χ0) is 11.5. The van der Waals surface area contributed by atoms with E-state index < -0.39 is 0 Å². The molecule has 1 unspecified atom stereocenters. The molecule has 1 N–H and O–H groups in total. The average Bonchev–Trinajstić information content (AvgIpc) is 2.97. The Morgan fingerprint density at radius 3 is 2.50 bits per heavy atom. The maximum atomic E-state index is 11.8. The topological polar surface area (TPSA) is 32.3 Å². The van der Waals surface area contributed by atoms with Crippen molar-refractivity contribution in [3.63, 3.8) is 0 Å². The first-order valence-electron chi connectivity index (χ1n) is 6.66. The van der Waals surface area contributed by atoms with Gasteiger partial charge >= 0.3 is 0 Å². The second-order valence-electron chi connectivity index (χ2n) is 5.54. The van der Waals surface area contributed by atoms with Crippen molar-refractivity contribution >= 4 is 5.91 Å². The maximum Gasteiger partial charge on any atom is 0.234 e. The Labute approximate surface area is 98.6 Å². The van der Waals surface area contributed by atoms with E-state index in [0.29, 0.717) is 18.6 Å². The highest BCUT2D eigenvalue weighted by molar-refractivity contribution is 5.78. The van der Waals surface area contributed by atoms with Crippen molar-refractivity contribution in [3.05, 3.63) is 0 Å². The van der Waals surface area contributed by atoms with E-state index in [9.17, 15) is 4.79 Å². The van der Waals surface area contributed by atoms with Crippen molar-refractivity contribution in [2.45, 2.75) is 57.5 Å². The molecule has 3 heteroatoms. The van der Waals surface area contributed by atoms with Crippen LogP contribution in [0.2, 0.25) is 0 Å². The molecule has 0 aromatic carbocycles. The highest BCUT2D eigenvalue weighted by Crippen LogP contribution is 2.34. The predicted octanol–water partition coefficient (Wildman–Crippen LogP) is 1.78. The number of hydrogen-bond donors (Lipinski definition) is 1. The van der Waals surface area contributed by atoms with E-state index >= 15 is 0 Å². The zero-order valence-electron chi connectivity index (χ0n) is 10.5. The summed E-state index contributed by atoms with van der Waals surface area (Å²) in [5, 5.41) is 3.14. The van der Waals surface area contributed by atoms with Crippen LogP contribution in [0.15, 0.2) is 0 Å². The molecule has 0 bridgehead atoms. The van der Waals surface area contributed by atoms with E-state index in [4.69, 9.17) is 0 Å². The van der Waals surface area contributed by atoms with Crippen LogP contribution < -0.4 is 5.32 Å². The summed E-state index contributed by atoms with van der Waals surface area (Å²) in [6.45, 7) is 2.80. The third-order valence-electron chi connectivity index (χ3n) is 4.11. The van der Waals surface area contributed by atoms with Crippen molar-refractivity contribution in [3.8, 4) is 0 Å². The molecule has 1 amide bonds. The quantitative estimate of drug-likeness (QED) is 0.772. The molecule has 92 valence electrons. The van der Waals surface area contributed by atoms with Crippen LogP contribution in [-0.2, 0) is 4.79 Å². The Kier molecular flexibility index (Phi) is 3.85. The second kappa shape index (κ2) is 5.17. The molecule has 2 aliphatic rings. The van der Waals surface area contributed by atoms with E-state index in [1.807, 2.05) is 0 Å². The van der Waals surface area contributed by atoms with Crippen molar-refractivity contribution in [1.29, 1.82) is 0 Å². The molecule has 2 saturated carbocycles. The van der Waals surface area contributed by atoms with E-state index in [2.05, 4.69) is 24.2 Å². The smallest absolute Gasteiger partial charge is 0.234 e. The lowest BCUT2D eigenvalue weighted by molar-refractivity contribution is -0.123. The van der Waals surface area contributed by atoms with Crippen molar-refractivity contribution in [2.75, 3.05) is 13.6 Å². The molecular formula is C13H24N2O. The first kappa shape index (κ1) is 11.9. The molecule has 2 rings (SSSR count). The zero-order valence-corrected chi connectivity index (χ0v) is 10.5. The molecule has 0 spiro atoms. The fourth-order valence-electron chi connectivity index (χ4n) is 2.65. The molecule has 0 aromatic heterocycles. The van der Waals surface area contributed by atoms with Crippen LogP contribution in [0, 0.1) is 5.92 Å². The summed E-state index contributed by atoms with van der Waals surface area (Å²) in [5.74, 6) is 1.05. The molecule has 2 fully saturated rings. The average molecular weight is 224 g/mol. The minimum atomic E-state index is 0.210. The fourth-order valence-corrected chi connectivity index (χ4v) is 2.65. The lowest BCUT2D eigenvalue weighted by atomic mass is 10.2. The molecule has 0 heterocycles. The second-order valence-corrected chi connectivity index (χ2v) is 5.54. The molecule has 3 nitrogen and oxygen atoms in total. The number of carbonyl (C=O) groups is 1. The van der Waals surface area contributed by atoms with Gasteiger partial charge in [-0.05, 0) is 45.6 Å². The summed E-state index contributed by atoms with van der Waals surface area (Å²) < 4.78 is 0. The molecule has 0 aromatic rings. The van der Waals surface area contributed by atoms with E-state index in [1.165, 1.54) is 38.5 Å². The molecule has 2 aliphatic carbocycles. The Morgan fingerprint density at radius 1 is 1.31 bits per heavy atom. The van der Waals surface area contributed by atoms with Gasteiger partial charge in [0.2, 0.25) is 5.91 Å². The van der Waals surface area contributed by atoms with Crippen LogP contribution in [0.25, 0.3) is 0 Å². The third-order valence-corrected chi connectivity index (χ3v) is 4.11. The van der Waals surface area contributed by atoms with Gasteiger partial charge in [0.25, 0.3) is 0 Å². The van der Waals surface area contributed by atoms with E-state index in [-0.39, 0.29) is 5.91 Å². The summed E-state index contributed by atoms with van der Waals surface area (Å²) >= 11 is 0. The molecular weight excluding hydrogens is 200 g/mol. The van der Waals surface area contributed by atoms with Crippen LogP contribution >= 0.6 is 0 Å². The van der Waals surface area contributed by atoms with Gasteiger partial charge in [-0.1, -0.05) is 12.8 Å². The van der Waals surface area contributed by atoms with E-state index in [1.54, 1.807) is 0 Å². The summed E-state index contributed by atoms with van der Waals surface area (Å²) in [6.07, 6.45) is 7.59. The highest BCUT2D eigenvalue weighted by Gasteiger charge is 2.31. The Bertz CT molecular complexity index is 244. The van der Waals surface area contributed by atoms with Gasteiger partial charge in [-0.3, -0.25) is 9.69 Å². The lowest BCUT2D eigenvalue weighted by Gasteiger charge is -2.24. The van der Waals surface area contributed by atoms with Gasteiger partial charge in [-0.25, -0.2) is 0 Å². The number of amides is 1. The number of nitrogens with one attached hydrogen (secondary N) is 1. The Balaban J connectivity index is 1.68. The largest absolute Gasteiger partial charge is 0.352 e. The number of rotatable bonds is 5. The summed E-state index contributed by atoms with van der Waals surface area (Å²) in [4.78, 5) is 14.0. The van der Waals surface area contributed by atoms with Crippen molar-refractivity contribution in [2.24, 2.45) is 5.92 Å². The summed E-state index contributed by atoms with van der Waals surface area (Å²) in [5.41, 5.74) is 0. The normalized spacial score (nSPS) is 23.7. The van der Waals surface area contributed by atoms with Crippen LogP contribution in [0.4, 0.5) is 0 Å². The predicted molar refractivity (Wildman–Crippen MR) is 65.2 cm³/mol. The van der Waals surface area contributed by atoms with E-state index in [0.717, 1.165) is 5.92 Å². The molecule has 0 aliphatic heterocycles. The molecule has 0 radical (unpaired) electrons. The number of hydrogen-bond acceptors (Lipinski definition) is 2. The van der Waals surface area contributed by atoms with Gasteiger partial charge in [0, 0.05) is 12.1 Å². The van der Waals surface area contributed by atoms with Crippen LogP contribution in [-0.4, -0.2) is 36.5 Å². The maximum absolute atomic E-state index is 11.8. The highest BCUT2D eigenvalue weighted by atomic mass is 16.2. The number of carbonyl (C=O) groups excluding carboxylic acids is 1. The SMILES string of the molecule is CC(C1CC1)N(C)CC(=O)NC1CCCC1. The molecule has 0 saturated heterocycles. The lowest BCUT2D eigenvalue weighted by Crippen LogP contribution is -2.43. The number of likely N-dealkylation sites (N-methyl/N-ethyl adjacent to an activating group) is 1. The third kappa shape index (κ3) is 3.21. The minimum Gasteiger partial charge on any atom is -0.352 e. The number of nitrogens with zero attached hydrogens (tertiary/aromatic N) is 1. The minimum absolute atomic E-state index is 0.210. The van der Waals surface area contributed by atoms with Gasteiger partial charge in [-0.2, -0.15) is 0 Å². The van der Waals surface area contributed by atoms with Gasteiger partial charge < -0.3 is 5.32 Å². The van der Waals surface area contributed by atoms with Crippen LogP contribution in [0.3, 0.4) is 0 Å². The van der Waals surface area contributed by atoms with Crippen LogP contribution in [0.5, 0.6) is 0 Å². The Morgan fingerprint density at radius 2 is 1.94 bits per heavy atom. The first-order chi connectivity index (χ1) is 7.66. The first-order valence-corrected chi connectivity index (χ1v) is 6.66. The van der Waals surface area contributed by atoms with Gasteiger partial charge in [-0.15, -0.1) is 0 Å². The molecule has 16 heavy (non-hydrogen) atoms. The van der Waals surface area contributed by atoms with Crippen molar-refractivity contribution < 1.29 is 4.79 Å². The van der Waals surface area contributed by atoms with Gasteiger partial charge in [0.05, 0.1) is 6.54 Å². The molecule has 1 atom stereocenters. The monoisotopic (exact) mass is 224 g/mol. The van der Waals surface area contributed by atoms with Gasteiger partial charge in [0.1, 0.15) is 0 Å². The Hall–Kier alpha value is -0.570. The van der Waals surface area contributed by atoms with Gasteiger partial charge in [0.15, 0.2) is 0 Å². The van der Waals surface area contributed by atoms with Crippen LogP contribution in [0.1, 0.15) is 45.4 Å². The standard InChI is InChI=1S/C13H24N2O/c1-10(11-7-8-11)15(2)9-13(16)14-12-5-3-4-6-12/h10-12H,3-9H2,1-2H3,(H,14,16). The fraction of sp³-hybridized carbons (Fsp3) is 0.923.